The topological polar surface area (TPSA) is 51.8 Å². The summed E-state index contributed by atoms with van der Waals surface area (Å²) in [6.07, 6.45) is 0.678. The number of hydrogen-bond acceptors (Lipinski definition) is 4. The summed E-state index contributed by atoms with van der Waals surface area (Å²) in [6.45, 7) is 4.16. The fourth-order valence-corrected chi connectivity index (χ4v) is 3.70. The Morgan fingerprint density at radius 3 is 2.70 bits per heavy atom. The largest absolute Gasteiger partial charge is 0.383 e. The molecule has 0 saturated heterocycles. The van der Waals surface area contributed by atoms with Gasteiger partial charge in [-0.1, -0.05) is 34.1 Å². The van der Waals surface area contributed by atoms with Crippen LogP contribution in [0.1, 0.15) is 21.8 Å². The quantitative estimate of drug-likeness (QED) is 0.753. The molecular weight excluding hydrogens is 334 g/mol. The van der Waals surface area contributed by atoms with Crippen molar-refractivity contribution in [2.75, 3.05) is 5.73 Å². The average Bonchev–Trinajstić information content (AvgIpc) is 2.68. The Hall–Kier alpha value is -1.46. The third-order valence-electron chi connectivity index (χ3n) is 3.41. The minimum atomic E-state index is 0.582. The molecule has 5 heteroatoms. The molecule has 0 aliphatic carbocycles. The van der Waals surface area contributed by atoms with Crippen LogP contribution in [0.15, 0.2) is 28.7 Å². The lowest BCUT2D eigenvalue weighted by Crippen LogP contribution is -2.01. The van der Waals surface area contributed by atoms with Crippen LogP contribution in [0.3, 0.4) is 0 Å². The van der Waals surface area contributed by atoms with Gasteiger partial charge in [0, 0.05) is 15.8 Å². The second kappa shape index (κ2) is 5.14. The summed E-state index contributed by atoms with van der Waals surface area (Å²) in [5.74, 6) is 1.35. The van der Waals surface area contributed by atoms with Gasteiger partial charge in [-0.3, -0.25) is 0 Å². The van der Waals surface area contributed by atoms with Crippen molar-refractivity contribution < 1.29 is 0 Å². The Kier molecular flexibility index (Phi) is 3.48. The van der Waals surface area contributed by atoms with E-state index in [1.165, 1.54) is 10.4 Å². The first-order valence-corrected chi connectivity index (χ1v) is 7.92. The van der Waals surface area contributed by atoms with Crippen LogP contribution in [0, 0.1) is 13.8 Å². The van der Waals surface area contributed by atoms with Gasteiger partial charge in [-0.05, 0) is 31.0 Å². The van der Waals surface area contributed by atoms with Crippen LogP contribution in [-0.4, -0.2) is 9.97 Å². The van der Waals surface area contributed by atoms with Gasteiger partial charge >= 0.3 is 0 Å². The molecule has 3 rings (SSSR count). The molecule has 102 valence electrons. The summed E-state index contributed by atoms with van der Waals surface area (Å²) >= 11 is 5.23. The van der Waals surface area contributed by atoms with Crippen LogP contribution in [0.25, 0.3) is 10.2 Å². The predicted molar refractivity (Wildman–Crippen MR) is 88.2 cm³/mol. The number of halogens is 1. The molecule has 0 atom stereocenters. The van der Waals surface area contributed by atoms with Gasteiger partial charge < -0.3 is 5.73 Å². The van der Waals surface area contributed by atoms with Crippen molar-refractivity contribution in [1.82, 2.24) is 9.97 Å². The Morgan fingerprint density at radius 1 is 1.20 bits per heavy atom. The van der Waals surface area contributed by atoms with Crippen LogP contribution in [0.2, 0.25) is 0 Å². The maximum Gasteiger partial charge on any atom is 0.136 e. The summed E-state index contributed by atoms with van der Waals surface area (Å²) in [6, 6.07) is 8.11. The third-order valence-corrected chi connectivity index (χ3v) is 5.28. The van der Waals surface area contributed by atoms with Crippen LogP contribution in [0.5, 0.6) is 0 Å². The highest BCUT2D eigenvalue weighted by molar-refractivity contribution is 9.10. The second-order valence-electron chi connectivity index (χ2n) is 4.76. The van der Waals surface area contributed by atoms with Gasteiger partial charge in [0.2, 0.25) is 0 Å². The first-order valence-electron chi connectivity index (χ1n) is 6.31. The lowest BCUT2D eigenvalue weighted by molar-refractivity contribution is 0.997. The zero-order chi connectivity index (χ0) is 14.3. The molecule has 0 amide bonds. The van der Waals surface area contributed by atoms with Gasteiger partial charge in [-0.15, -0.1) is 11.3 Å². The molecule has 20 heavy (non-hydrogen) atoms. The highest BCUT2D eigenvalue weighted by Crippen LogP contribution is 2.32. The van der Waals surface area contributed by atoms with Gasteiger partial charge in [-0.2, -0.15) is 0 Å². The summed E-state index contributed by atoms with van der Waals surface area (Å²) in [5, 5.41) is 1.00. The maximum absolute atomic E-state index is 6.11. The first-order chi connectivity index (χ1) is 9.56. The number of anilines is 1. The Bertz CT molecular complexity index is 795. The summed E-state index contributed by atoms with van der Waals surface area (Å²) < 4.78 is 1.07. The number of fused-ring (bicyclic) bond motifs is 1. The molecule has 2 heterocycles. The van der Waals surface area contributed by atoms with E-state index in [-0.39, 0.29) is 0 Å². The van der Waals surface area contributed by atoms with E-state index in [0.717, 1.165) is 26.1 Å². The van der Waals surface area contributed by atoms with Gasteiger partial charge in [0.1, 0.15) is 16.5 Å². The number of aromatic nitrogens is 2. The van der Waals surface area contributed by atoms with E-state index in [4.69, 9.17) is 5.73 Å². The van der Waals surface area contributed by atoms with Crippen molar-refractivity contribution in [3.05, 3.63) is 50.6 Å². The van der Waals surface area contributed by atoms with E-state index in [2.05, 4.69) is 45.8 Å². The number of rotatable bonds is 2. The van der Waals surface area contributed by atoms with Crippen molar-refractivity contribution in [3.63, 3.8) is 0 Å². The zero-order valence-corrected chi connectivity index (χ0v) is 13.7. The molecule has 0 radical (unpaired) electrons. The molecule has 0 aliphatic rings. The fourth-order valence-electron chi connectivity index (χ4n) is 2.22. The predicted octanol–water partition coefficient (Wildman–Crippen LogP) is 4.24. The maximum atomic E-state index is 6.11. The van der Waals surface area contributed by atoms with Gasteiger partial charge in [0.25, 0.3) is 0 Å². The van der Waals surface area contributed by atoms with Crippen molar-refractivity contribution in [3.8, 4) is 0 Å². The second-order valence-corrected chi connectivity index (χ2v) is 6.81. The molecule has 3 nitrogen and oxygen atoms in total. The number of thiophene rings is 1. The van der Waals surface area contributed by atoms with E-state index in [0.29, 0.717) is 12.2 Å². The molecule has 0 aliphatic heterocycles. The SMILES string of the molecule is Cc1sc2nc(Cc3ccccc3Br)nc(N)c2c1C. The first kappa shape index (κ1) is 13.5. The Morgan fingerprint density at radius 2 is 1.95 bits per heavy atom. The van der Waals surface area contributed by atoms with Crippen LogP contribution >= 0.6 is 27.3 Å². The summed E-state index contributed by atoms with van der Waals surface area (Å²) in [5.41, 5.74) is 8.46. The van der Waals surface area contributed by atoms with E-state index in [1.54, 1.807) is 11.3 Å². The zero-order valence-electron chi connectivity index (χ0n) is 11.3. The van der Waals surface area contributed by atoms with Gasteiger partial charge in [0.05, 0.1) is 5.39 Å². The molecule has 0 unspecified atom stereocenters. The molecule has 3 aromatic rings. The van der Waals surface area contributed by atoms with Gasteiger partial charge in [-0.25, -0.2) is 9.97 Å². The Balaban J connectivity index is 2.07. The summed E-state index contributed by atoms with van der Waals surface area (Å²) in [7, 11) is 0. The smallest absolute Gasteiger partial charge is 0.136 e. The number of hydrogen-bond donors (Lipinski definition) is 1. The highest BCUT2D eigenvalue weighted by Gasteiger charge is 2.13. The van der Waals surface area contributed by atoms with Crippen molar-refractivity contribution in [2.45, 2.75) is 20.3 Å². The van der Waals surface area contributed by atoms with Crippen molar-refractivity contribution >= 4 is 43.3 Å². The normalized spacial score (nSPS) is 11.2. The fraction of sp³-hybridized carbons (Fsp3) is 0.200. The Labute approximate surface area is 130 Å². The van der Waals surface area contributed by atoms with E-state index in [1.807, 2.05) is 18.2 Å². The number of nitrogen functional groups attached to an aromatic ring is 1. The van der Waals surface area contributed by atoms with E-state index >= 15 is 0 Å². The molecule has 0 saturated carbocycles. The van der Waals surface area contributed by atoms with Crippen LogP contribution in [-0.2, 0) is 6.42 Å². The molecular formula is C15H14BrN3S. The van der Waals surface area contributed by atoms with Crippen LogP contribution in [0.4, 0.5) is 5.82 Å². The standard InChI is InChI=1S/C15H14BrN3S/c1-8-9(2)20-15-13(8)14(17)18-12(19-15)7-10-5-3-4-6-11(10)16/h3-6H,7H2,1-2H3,(H2,17,18,19). The summed E-state index contributed by atoms with van der Waals surface area (Å²) in [4.78, 5) is 11.4. The molecule has 2 aromatic heterocycles. The average molecular weight is 348 g/mol. The lowest BCUT2D eigenvalue weighted by atomic mass is 10.1. The molecule has 2 N–H and O–H groups in total. The monoisotopic (exact) mass is 347 g/mol. The van der Waals surface area contributed by atoms with E-state index in [9.17, 15) is 0 Å². The molecule has 0 bridgehead atoms. The van der Waals surface area contributed by atoms with Crippen LogP contribution < -0.4 is 5.73 Å². The lowest BCUT2D eigenvalue weighted by Gasteiger charge is -2.05. The number of benzene rings is 1. The van der Waals surface area contributed by atoms with Gasteiger partial charge in [0.15, 0.2) is 0 Å². The van der Waals surface area contributed by atoms with Crippen molar-refractivity contribution in [1.29, 1.82) is 0 Å². The number of nitrogens with two attached hydrogens (primary N) is 1. The highest BCUT2D eigenvalue weighted by atomic mass is 79.9. The van der Waals surface area contributed by atoms with Crippen molar-refractivity contribution in [2.24, 2.45) is 0 Å². The van der Waals surface area contributed by atoms with E-state index < -0.39 is 0 Å². The molecule has 0 fully saturated rings. The third kappa shape index (κ3) is 2.31. The minimum absolute atomic E-state index is 0.582. The molecule has 0 spiro atoms. The number of aryl methyl sites for hydroxylation is 2. The minimum Gasteiger partial charge on any atom is -0.383 e. The molecule has 1 aromatic carbocycles. The number of nitrogens with zero attached hydrogens (tertiary/aromatic N) is 2.